The average molecular weight is 354 g/mol. The van der Waals surface area contributed by atoms with Gasteiger partial charge in [0.25, 0.3) is 5.91 Å². The van der Waals surface area contributed by atoms with Crippen molar-refractivity contribution in [2.45, 2.75) is 45.6 Å². The fourth-order valence-electron chi connectivity index (χ4n) is 3.01. The van der Waals surface area contributed by atoms with Crippen molar-refractivity contribution in [1.29, 1.82) is 0 Å². The molecule has 1 N–H and O–H groups in total. The van der Waals surface area contributed by atoms with E-state index in [0.29, 0.717) is 17.1 Å². The van der Waals surface area contributed by atoms with Crippen molar-refractivity contribution in [2.75, 3.05) is 23.3 Å². The monoisotopic (exact) mass is 354 g/mol. The van der Waals surface area contributed by atoms with E-state index in [1.807, 2.05) is 38.1 Å². The predicted molar refractivity (Wildman–Crippen MR) is 103 cm³/mol. The smallest absolute Gasteiger partial charge is 0.275 e. The van der Waals surface area contributed by atoms with E-state index in [2.05, 4.69) is 20.2 Å². The van der Waals surface area contributed by atoms with Crippen LogP contribution in [-0.2, 0) is 0 Å². The van der Waals surface area contributed by atoms with E-state index in [4.69, 9.17) is 4.74 Å². The molecule has 2 aromatic rings. The first-order valence-electron chi connectivity index (χ1n) is 9.27. The summed E-state index contributed by atoms with van der Waals surface area (Å²) in [5, 5.41) is 2.86. The van der Waals surface area contributed by atoms with Gasteiger partial charge in [-0.2, -0.15) is 0 Å². The van der Waals surface area contributed by atoms with Crippen LogP contribution in [-0.4, -0.2) is 35.1 Å². The first-order chi connectivity index (χ1) is 12.6. The Labute approximate surface area is 154 Å². The minimum atomic E-state index is -0.292. The van der Waals surface area contributed by atoms with Crippen LogP contribution in [0.5, 0.6) is 5.75 Å². The summed E-state index contributed by atoms with van der Waals surface area (Å²) < 4.78 is 5.73. The van der Waals surface area contributed by atoms with Gasteiger partial charge in [0, 0.05) is 13.1 Å². The Morgan fingerprint density at radius 1 is 1.08 bits per heavy atom. The molecule has 1 aliphatic heterocycles. The summed E-state index contributed by atoms with van der Waals surface area (Å²) in [5.41, 5.74) is 0.924. The lowest BCUT2D eigenvalue weighted by Gasteiger charge is -2.20. The Morgan fingerprint density at radius 2 is 1.81 bits per heavy atom. The number of rotatable bonds is 5. The first-order valence-corrected chi connectivity index (χ1v) is 9.27. The second-order valence-corrected chi connectivity index (χ2v) is 6.78. The Bertz CT molecular complexity index is 723. The van der Waals surface area contributed by atoms with Crippen LogP contribution in [0, 0.1) is 0 Å². The zero-order chi connectivity index (χ0) is 18.4. The number of nitrogens with one attached hydrogen (secondary N) is 1. The summed E-state index contributed by atoms with van der Waals surface area (Å²) in [6, 6.07) is 7.39. The molecule has 1 aromatic heterocycles. The molecule has 1 fully saturated rings. The van der Waals surface area contributed by atoms with Crippen molar-refractivity contribution in [2.24, 2.45) is 0 Å². The molecular formula is C20H26N4O2. The van der Waals surface area contributed by atoms with Gasteiger partial charge in [-0.3, -0.25) is 4.79 Å². The van der Waals surface area contributed by atoms with Gasteiger partial charge in [-0.15, -0.1) is 0 Å². The number of benzene rings is 1. The van der Waals surface area contributed by atoms with Crippen molar-refractivity contribution in [1.82, 2.24) is 9.97 Å². The largest absolute Gasteiger partial charge is 0.489 e. The number of amides is 1. The Hall–Kier alpha value is -2.63. The molecule has 0 unspecified atom stereocenters. The number of hydrogen-bond donors (Lipinski definition) is 1. The van der Waals surface area contributed by atoms with Crippen LogP contribution in [0.1, 0.15) is 50.0 Å². The second-order valence-electron chi connectivity index (χ2n) is 6.78. The molecule has 0 bridgehead atoms. The topological polar surface area (TPSA) is 67.3 Å². The number of hydrogen-bond acceptors (Lipinski definition) is 5. The van der Waals surface area contributed by atoms with Gasteiger partial charge in [0.1, 0.15) is 17.3 Å². The quantitative estimate of drug-likeness (QED) is 0.882. The van der Waals surface area contributed by atoms with Crippen molar-refractivity contribution >= 4 is 17.4 Å². The van der Waals surface area contributed by atoms with Gasteiger partial charge in [0.15, 0.2) is 0 Å². The maximum atomic E-state index is 12.5. The van der Waals surface area contributed by atoms with Crippen LogP contribution in [0.15, 0.2) is 36.7 Å². The molecule has 0 atom stereocenters. The summed E-state index contributed by atoms with van der Waals surface area (Å²) >= 11 is 0. The fourth-order valence-corrected chi connectivity index (χ4v) is 3.01. The number of carbonyl (C=O) groups excluding carboxylic acids is 1. The number of anilines is 2. The highest BCUT2D eigenvalue weighted by molar-refractivity contribution is 6.03. The molecule has 6 nitrogen and oxygen atoms in total. The summed E-state index contributed by atoms with van der Waals surface area (Å²) in [4.78, 5) is 23.5. The van der Waals surface area contributed by atoms with Crippen LogP contribution in [0.3, 0.4) is 0 Å². The molecule has 0 spiro atoms. The van der Waals surface area contributed by atoms with Gasteiger partial charge in [-0.25, -0.2) is 9.97 Å². The fraction of sp³-hybridized carbons (Fsp3) is 0.450. The van der Waals surface area contributed by atoms with E-state index in [1.54, 1.807) is 12.4 Å². The van der Waals surface area contributed by atoms with Gasteiger partial charge in [0.2, 0.25) is 0 Å². The van der Waals surface area contributed by atoms with Crippen molar-refractivity contribution in [3.05, 3.63) is 42.4 Å². The van der Waals surface area contributed by atoms with Gasteiger partial charge < -0.3 is 15.0 Å². The van der Waals surface area contributed by atoms with Crippen LogP contribution >= 0.6 is 0 Å². The summed E-state index contributed by atoms with van der Waals surface area (Å²) in [5.74, 6) is 1.19. The molecule has 3 rings (SSSR count). The number of carbonyl (C=O) groups is 1. The molecule has 0 aliphatic carbocycles. The Kier molecular flexibility index (Phi) is 6.04. The minimum absolute atomic E-state index is 0.0285. The van der Waals surface area contributed by atoms with Gasteiger partial charge in [0.05, 0.1) is 24.2 Å². The molecule has 0 saturated carbocycles. The van der Waals surface area contributed by atoms with Gasteiger partial charge in [-0.1, -0.05) is 25.0 Å². The zero-order valence-electron chi connectivity index (χ0n) is 15.4. The predicted octanol–water partition coefficient (Wildman–Crippen LogP) is 3.90. The first kappa shape index (κ1) is 18.2. The molecule has 26 heavy (non-hydrogen) atoms. The Balaban J connectivity index is 1.69. The summed E-state index contributed by atoms with van der Waals surface area (Å²) in [7, 11) is 0. The maximum Gasteiger partial charge on any atom is 0.275 e. The highest BCUT2D eigenvalue weighted by Gasteiger charge is 2.15. The standard InChI is InChI=1S/C20H26N4O2/c1-15(2)26-18-10-6-5-9-16(18)23-20(25)17-13-22-19(14-21-17)24-11-7-3-4-8-12-24/h5-6,9-10,13-15H,3-4,7-8,11-12H2,1-2H3,(H,23,25). The van der Waals surface area contributed by atoms with E-state index in [0.717, 1.165) is 18.9 Å². The van der Waals surface area contributed by atoms with E-state index in [-0.39, 0.29) is 12.0 Å². The van der Waals surface area contributed by atoms with Gasteiger partial charge >= 0.3 is 0 Å². The minimum Gasteiger partial charge on any atom is -0.489 e. The van der Waals surface area contributed by atoms with Gasteiger partial charge in [-0.05, 0) is 38.8 Å². The van der Waals surface area contributed by atoms with E-state index in [9.17, 15) is 4.79 Å². The number of para-hydroxylation sites is 2. The number of ether oxygens (including phenoxy) is 1. The van der Waals surface area contributed by atoms with Crippen LogP contribution in [0.25, 0.3) is 0 Å². The molecule has 6 heteroatoms. The van der Waals surface area contributed by atoms with E-state index < -0.39 is 0 Å². The lowest BCUT2D eigenvalue weighted by Crippen LogP contribution is -2.25. The van der Waals surface area contributed by atoms with Crippen LogP contribution < -0.4 is 15.0 Å². The average Bonchev–Trinajstić information content (AvgIpc) is 2.92. The van der Waals surface area contributed by atoms with Crippen molar-refractivity contribution in [3.8, 4) is 5.75 Å². The molecule has 0 radical (unpaired) electrons. The third kappa shape index (κ3) is 4.71. The summed E-state index contributed by atoms with van der Waals surface area (Å²) in [6.45, 7) is 5.90. The third-order valence-corrected chi connectivity index (χ3v) is 4.30. The van der Waals surface area contributed by atoms with Crippen molar-refractivity contribution < 1.29 is 9.53 Å². The molecule has 1 saturated heterocycles. The zero-order valence-corrected chi connectivity index (χ0v) is 15.4. The van der Waals surface area contributed by atoms with Crippen LogP contribution in [0.4, 0.5) is 11.5 Å². The second kappa shape index (κ2) is 8.65. The van der Waals surface area contributed by atoms with E-state index in [1.165, 1.54) is 25.7 Å². The lowest BCUT2D eigenvalue weighted by molar-refractivity contribution is 0.102. The Morgan fingerprint density at radius 3 is 2.46 bits per heavy atom. The summed E-state index contributed by atoms with van der Waals surface area (Å²) in [6.07, 6.45) is 8.15. The third-order valence-electron chi connectivity index (χ3n) is 4.30. The molecule has 2 heterocycles. The highest BCUT2D eigenvalue weighted by atomic mass is 16.5. The molecule has 1 aliphatic rings. The molecule has 138 valence electrons. The lowest BCUT2D eigenvalue weighted by atomic mass is 10.2. The normalized spacial score (nSPS) is 14.8. The maximum absolute atomic E-state index is 12.5. The number of aromatic nitrogens is 2. The van der Waals surface area contributed by atoms with Crippen molar-refractivity contribution in [3.63, 3.8) is 0 Å². The van der Waals surface area contributed by atoms with E-state index >= 15 is 0 Å². The molecule has 1 amide bonds. The number of nitrogens with zero attached hydrogens (tertiary/aromatic N) is 3. The molecular weight excluding hydrogens is 328 g/mol. The van der Waals surface area contributed by atoms with Crippen LogP contribution in [0.2, 0.25) is 0 Å². The SMILES string of the molecule is CC(C)Oc1ccccc1NC(=O)c1cnc(N2CCCCCC2)cn1. The highest BCUT2D eigenvalue weighted by Crippen LogP contribution is 2.25. The molecule has 1 aromatic carbocycles.